The third-order valence-electron chi connectivity index (χ3n) is 3.29. The highest BCUT2D eigenvalue weighted by Gasteiger charge is 2.16. The van der Waals surface area contributed by atoms with Crippen molar-refractivity contribution in [2.75, 3.05) is 5.32 Å². The third-order valence-corrected chi connectivity index (χ3v) is 3.79. The number of halogens is 1. The van der Waals surface area contributed by atoms with Gasteiger partial charge in [0.1, 0.15) is 0 Å². The van der Waals surface area contributed by atoms with Crippen molar-refractivity contribution in [2.45, 2.75) is 0 Å². The van der Waals surface area contributed by atoms with E-state index in [9.17, 15) is 14.7 Å². The Morgan fingerprint density at radius 2 is 1.86 bits per heavy atom. The number of rotatable bonds is 3. The number of hydrogen-bond donors (Lipinski definition) is 3. The zero-order valence-corrected chi connectivity index (χ0v) is 12.8. The van der Waals surface area contributed by atoms with Crippen LogP contribution in [0.1, 0.15) is 20.7 Å². The van der Waals surface area contributed by atoms with Crippen LogP contribution in [0.4, 0.5) is 5.69 Å². The fourth-order valence-electron chi connectivity index (χ4n) is 2.25. The molecule has 3 rings (SSSR count). The first kappa shape index (κ1) is 14.3. The second kappa shape index (κ2) is 5.65. The van der Waals surface area contributed by atoms with Gasteiger partial charge in [-0.2, -0.15) is 0 Å². The number of H-pyrrole nitrogens is 1. The maximum atomic E-state index is 12.4. The molecule has 0 aliphatic heterocycles. The predicted molar refractivity (Wildman–Crippen MR) is 87.4 cm³/mol. The summed E-state index contributed by atoms with van der Waals surface area (Å²) in [5.41, 5.74) is 1.60. The SMILES string of the molecule is O=C(O)c1cc(Br)ccc1NC(=O)c1c[nH]c2ccccc12. The monoisotopic (exact) mass is 358 g/mol. The van der Waals surface area contributed by atoms with Crippen molar-refractivity contribution in [1.29, 1.82) is 0 Å². The summed E-state index contributed by atoms with van der Waals surface area (Å²) < 4.78 is 0.634. The highest BCUT2D eigenvalue weighted by atomic mass is 79.9. The highest BCUT2D eigenvalue weighted by Crippen LogP contribution is 2.23. The molecule has 0 atom stereocenters. The summed E-state index contributed by atoms with van der Waals surface area (Å²) in [5.74, 6) is -1.46. The van der Waals surface area contributed by atoms with Gasteiger partial charge < -0.3 is 15.4 Å². The number of fused-ring (bicyclic) bond motifs is 1. The first-order valence-corrected chi connectivity index (χ1v) is 7.26. The van der Waals surface area contributed by atoms with Crippen LogP contribution in [0.2, 0.25) is 0 Å². The summed E-state index contributed by atoms with van der Waals surface area (Å²) in [4.78, 5) is 26.7. The van der Waals surface area contributed by atoms with Gasteiger partial charge in [0.2, 0.25) is 0 Å². The molecule has 0 spiro atoms. The lowest BCUT2D eigenvalue weighted by Gasteiger charge is -2.08. The van der Waals surface area contributed by atoms with Gasteiger partial charge in [-0.05, 0) is 24.3 Å². The number of carboxylic acids is 1. The molecule has 22 heavy (non-hydrogen) atoms. The van der Waals surface area contributed by atoms with Crippen LogP contribution >= 0.6 is 15.9 Å². The lowest BCUT2D eigenvalue weighted by molar-refractivity contribution is 0.0698. The van der Waals surface area contributed by atoms with E-state index in [2.05, 4.69) is 26.2 Å². The number of benzene rings is 2. The van der Waals surface area contributed by atoms with E-state index in [1.54, 1.807) is 18.3 Å². The summed E-state index contributed by atoms with van der Waals surface area (Å²) in [7, 11) is 0. The van der Waals surface area contributed by atoms with Crippen LogP contribution in [0.5, 0.6) is 0 Å². The molecule has 0 aliphatic carbocycles. The van der Waals surface area contributed by atoms with Gasteiger partial charge in [-0.25, -0.2) is 4.79 Å². The van der Waals surface area contributed by atoms with Crippen LogP contribution < -0.4 is 5.32 Å². The Kier molecular flexibility index (Phi) is 3.68. The van der Waals surface area contributed by atoms with Crippen LogP contribution in [-0.4, -0.2) is 22.0 Å². The van der Waals surface area contributed by atoms with Crippen molar-refractivity contribution in [3.8, 4) is 0 Å². The van der Waals surface area contributed by atoms with E-state index < -0.39 is 5.97 Å². The number of carbonyl (C=O) groups excluding carboxylic acids is 1. The number of para-hydroxylation sites is 1. The number of carbonyl (C=O) groups is 2. The average molecular weight is 359 g/mol. The molecule has 3 N–H and O–H groups in total. The first-order chi connectivity index (χ1) is 10.6. The number of aromatic amines is 1. The van der Waals surface area contributed by atoms with Gasteiger partial charge in [0.25, 0.3) is 5.91 Å². The summed E-state index contributed by atoms with van der Waals surface area (Å²) in [5, 5.41) is 12.7. The summed E-state index contributed by atoms with van der Waals surface area (Å²) in [6.45, 7) is 0. The molecule has 110 valence electrons. The Labute approximate surface area is 134 Å². The van der Waals surface area contributed by atoms with Gasteiger partial charge in [0, 0.05) is 21.6 Å². The minimum Gasteiger partial charge on any atom is -0.478 e. The lowest BCUT2D eigenvalue weighted by Crippen LogP contribution is -2.14. The molecule has 0 saturated heterocycles. The quantitative estimate of drug-likeness (QED) is 0.664. The molecule has 5 nitrogen and oxygen atoms in total. The molecule has 2 aromatic carbocycles. The number of aromatic carboxylic acids is 1. The number of nitrogens with one attached hydrogen (secondary N) is 2. The van der Waals surface area contributed by atoms with Crippen molar-refractivity contribution in [1.82, 2.24) is 4.98 Å². The fourth-order valence-corrected chi connectivity index (χ4v) is 2.61. The standard InChI is InChI=1S/C16H11BrN2O3/c17-9-5-6-14(11(7-9)16(21)22)19-15(20)12-8-18-13-4-2-1-3-10(12)13/h1-8,18H,(H,19,20)(H,21,22). The Balaban J connectivity index is 1.97. The van der Waals surface area contributed by atoms with Crippen molar-refractivity contribution >= 4 is 44.4 Å². The molecule has 1 amide bonds. The molecule has 0 aliphatic rings. The van der Waals surface area contributed by atoms with Crippen molar-refractivity contribution < 1.29 is 14.7 Å². The summed E-state index contributed by atoms with van der Waals surface area (Å²) in [6, 6.07) is 12.1. The number of amides is 1. The van der Waals surface area contributed by atoms with Crippen molar-refractivity contribution in [3.05, 3.63) is 64.3 Å². The molecule has 6 heteroatoms. The molecule has 3 aromatic rings. The Hall–Kier alpha value is -2.60. The first-order valence-electron chi connectivity index (χ1n) is 6.46. The summed E-state index contributed by atoms with van der Waals surface area (Å²) in [6.07, 6.45) is 1.61. The largest absolute Gasteiger partial charge is 0.478 e. The van der Waals surface area contributed by atoms with E-state index in [1.165, 1.54) is 6.07 Å². The lowest BCUT2D eigenvalue weighted by atomic mass is 10.1. The van der Waals surface area contributed by atoms with Gasteiger partial charge in [0.05, 0.1) is 16.8 Å². The molecule has 0 saturated carbocycles. The molecule has 0 radical (unpaired) electrons. The molecule has 1 heterocycles. The fraction of sp³-hybridized carbons (Fsp3) is 0. The van der Waals surface area contributed by atoms with Crippen LogP contribution in [0.3, 0.4) is 0 Å². The van der Waals surface area contributed by atoms with Crippen LogP contribution in [0, 0.1) is 0 Å². The van der Waals surface area contributed by atoms with E-state index in [-0.39, 0.29) is 17.2 Å². The van der Waals surface area contributed by atoms with Gasteiger partial charge in [-0.3, -0.25) is 4.79 Å². The number of hydrogen-bond acceptors (Lipinski definition) is 2. The molecule has 0 bridgehead atoms. The molecular formula is C16H11BrN2O3. The van der Waals surface area contributed by atoms with Gasteiger partial charge in [-0.15, -0.1) is 0 Å². The van der Waals surface area contributed by atoms with Gasteiger partial charge in [-0.1, -0.05) is 34.1 Å². The Morgan fingerprint density at radius 1 is 1.09 bits per heavy atom. The highest BCUT2D eigenvalue weighted by molar-refractivity contribution is 9.10. The smallest absolute Gasteiger partial charge is 0.337 e. The molecule has 1 aromatic heterocycles. The van der Waals surface area contributed by atoms with E-state index in [4.69, 9.17) is 0 Å². The second-order valence-corrected chi connectivity index (χ2v) is 5.61. The molecular weight excluding hydrogens is 348 g/mol. The zero-order chi connectivity index (χ0) is 15.7. The Bertz CT molecular complexity index is 886. The van der Waals surface area contributed by atoms with Crippen molar-refractivity contribution in [2.24, 2.45) is 0 Å². The number of carboxylic acid groups (broad SMARTS) is 1. The van der Waals surface area contributed by atoms with Crippen LogP contribution in [0.15, 0.2) is 53.1 Å². The third kappa shape index (κ3) is 2.60. The Morgan fingerprint density at radius 3 is 2.64 bits per heavy atom. The normalized spacial score (nSPS) is 10.6. The maximum Gasteiger partial charge on any atom is 0.337 e. The maximum absolute atomic E-state index is 12.4. The minimum absolute atomic E-state index is 0.0302. The van der Waals surface area contributed by atoms with E-state index in [0.717, 1.165) is 10.9 Å². The van der Waals surface area contributed by atoms with Crippen molar-refractivity contribution in [3.63, 3.8) is 0 Å². The average Bonchev–Trinajstić information content (AvgIpc) is 2.93. The topological polar surface area (TPSA) is 82.2 Å². The molecule has 0 unspecified atom stereocenters. The van der Waals surface area contributed by atoms with E-state index in [1.807, 2.05) is 24.3 Å². The minimum atomic E-state index is -1.10. The van der Waals surface area contributed by atoms with E-state index >= 15 is 0 Å². The van der Waals surface area contributed by atoms with Crippen LogP contribution in [0.25, 0.3) is 10.9 Å². The van der Waals surface area contributed by atoms with Gasteiger partial charge in [0.15, 0.2) is 0 Å². The van der Waals surface area contributed by atoms with Gasteiger partial charge >= 0.3 is 5.97 Å². The second-order valence-electron chi connectivity index (χ2n) is 4.70. The number of aromatic nitrogens is 1. The molecule has 0 fully saturated rings. The predicted octanol–water partition coefficient (Wildman–Crippen LogP) is 3.88. The number of anilines is 1. The zero-order valence-electron chi connectivity index (χ0n) is 11.3. The van der Waals surface area contributed by atoms with Crippen LogP contribution in [-0.2, 0) is 0 Å². The summed E-state index contributed by atoms with van der Waals surface area (Å²) >= 11 is 3.22. The van der Waals surface area contributed by atoms with E-state index in [0.29, 0.717) is 10.0 Å².